The number of nitrogens with one attached hydrogen (secondary N) is 1. The van der Waals surface area contributed by atoms with E-state index in [1.165, 1.54) is 0 Å². The zero-order chi connectivity index (χ0) is 15.7. The summed E-state index contributed by atoms with van der Waals surface area (Å²) in [5, 5.41) is 2.88. The van der Waals surface area contributed by atoms with E-state index < -0.39 is 23.9 Å². The maximum Gasteiger partial charge on any atom is 0.573 e. The second-order valence-corrected chi connectivity index (χ2v) is 4.46. The normalized spacial score (nSPS) is 15.9. The number of rotatable bonds is 4. The average Bonchev–Trinajstić information content (AvgIpc) is 2.25. The Kier molecular flexibility index (Phi) is 5.94. The van der Waals surface area contributed by atoms with Gasteiger partial charge in [0.25, 0.3) is 0 Å². The molecule has 1 aliphatic rings. The molecule has 0 atom stereocenters. The van der Waals surface area contributed by atoms with Crippen molar-refractivity contribution < 1.29 is 35.8 Å². The first-order valence-electron chi connectivity index (χ1n) is 5.93. The summed E-state index contributed by atoms with van der Waals surface area (Å²) in [6.07, 6.45) is -10.0. The molecule has 1 heterocycles. The van der Waals surface area contributed by atoms with E-state index in [0.29, 0.717) is 19.2 Å². The molecule has 0 amide bonds. The maximum absolute atomic E-state index is 12.9. The molecule has 0 bridgehead atoms. The van der Waals surface area contributed by atoms with Crippen LogP contribution in [0.15, 0.2) is 18.2 Å². The summed E-state index contributed by atoms with van der Waals surface area (Å²) in [5.74, 6) is -0.913. The van der Waals surface area contributed by atoms with Gasteiger partial charge in [0.2, 0.25) is 0 Å². The Morgan fingerprint density at radius 3 is 2.18 bits per heavy atom. The Labute approximate surface area is 128 Å². The van der Waals surface area contributed by atoms with Crippen LogP contribution in [0.2, 0.25) is 0 Å². The molecule has 0 aliphatic carbocycles. The lowest BCUT2D eigenvalue weighted by Crippen LogP contribution is -2.48. The first-order valence-corrected chi connectivity index (χ1v) is 5.93. The van der Waals surface area contributed by atoms with Gasteiger partial charge in [-0.15, -0.1) is 25.6 Å². The van der Waals surface area contributed by atoms with Crippen molar-refractivity contribution in [2.24, 2.45) is 0 Å². The Bertz CT molecular complexity index is 501. The standard InChI is InChI=1S/C12H11F6NO2.ClH/c13-11(14,15)10-3-8(21-12(16,17)18)2-1-7(10)6-20-9-4-19-5-9;/h1-3,9,19H,4-6H2;1H. The third kappa shape index (κ3) is 5.22. The smallest absolute Gasteiger partial charge is 0.406 e. The van der Waals surface area contributed by atoms with E-state index in [2.05, 4.69) is 10.1 Å². The Hall–Kier alpha value is -1.19. The van der Waals surface area contributed by atoms with Crippen molar-refractivity contribution in [2.45, 2.75) is 25.2 Å². The fourth-order valence-corrected chi connectivity index (χ4v) is 1.73. The van der Waals surface area contributed by atoms with Crippen LogP contribution >= 0.6 is 12.4 Å². The van der Waals surface area contributed by atoms with Crippen LogP contribution in [0.25, 0.3) is 0 Å². The second kappa shape index (κ2) is 6.93. The second-order valence-electron chi connectivity index (χ2n) is 4.46. The summed E-state index contributed by atoms with van der Waals surface area (Å²) < 4.78 is 83.5. The molecular weight excluding hydrogens is 340 g/mol. The van der Waals surface area contributed by atoms with Crippen LogP contribution in [0, 0.1) is 0 Å². The average molecular weight is 352 g/mol. The Morgan fingerprint density at radius 2 is 1.73 bits per heavy atom. The van der Waals surface area contributed by atoms with Crippen molar-refractivity contribution in [3.05, 3.63) is 29.3 Å². The van der Waals surface area contributed by atoms with Gasteiger partial charge in [-0.1, -0.05) is 6.07 Å². The number of halogens is 7. The summed E-state index contributed by atoms with van der Waals surface area (Å²) in [6.45, 7) is 0.751. The molecule has 0 aromatic heterocycles. The highest BCUT2D eigenvalue weighted by Gasteiger charge is 2.36. The minimum atomic E-state index is -5.04. The van der Waals surface area contributed by atoms with Crippen LogP contribution in [0.1, 0.15) is 11.1 Å². The number of hydrogen-bond donors (Lipinski definition) is 1. The van der Waals surface area contributed by atoms with Crippen LogP contribution < -0.4 is 10.1 Å². The predicted octanol–water partition coefficient (Wildman–Crippen LogP) is 3.51. The largest absolute Gasteiger partial charge is 0.573 e. The topological polar surface area (TPSA) is 30.5 Å². The van der Waals surface area contributed by atoms with Gasteiger partial charge in [-0.25, -0.2) is 0 Å². The highest BCUT2D eigenvalue weighted by molar-refractivity contribution is 5.85. The quantitative estimate of drug-likeness (QED) is 0.842. The van der Waals surface area contributed by atoms with Crippen LogP contribution in [-0.2, 0) is 17.5 Å². The first kappa shape index (κ1) is 18.9. The first-order chi connectivity index (χ1) is 9.65. The Balaban J connectivity index is 0.00000242. The lowest BCUT2D eigenvalue weighted by atomic mass is 10.1. The number of ether oxygens (including phenoxy) is 2. The zero-order valence-corrected chi connectivity index (χ0v) is 11.7. The van der Waals surface area contributed by atoms with Gasteiger partial charge >= 0.3 is 12.5 Å². The van der Waals surface area contributed by atoms with Crippen LogP contribution in [0.4, 0.5) is 26.3 Å². The molecule has 0 radical (unpaired) electrons. The SMILES string of the molecule is Cl.FC(F)(F)Oc1ccc(COC2CNC2)c(C(F)(F)F)c1. The van der Waals surface area contributed by atoms with E-state index in [0.717, 1.165) is 12.1 Å². The van der Waals surface area contributed by atoms with Gasteiger partial charge in [0.15, 0.2) is 0 Å². The molecule has 22 heavy (non-hydrogen) atoms. The van der Waals surface area contributed by atoms with Gasteiger partial charge in [-0.05, 0) is 17.7 Å². The van der Waals surface area contributed by atoms with Crippen molar-refractivity contribution in [1.29, 1.82) is 0 Å². The van der Waals surface area contributed by atoms with Crippen molar-refractivity contribution in [3.8, 4) is 5.75 Å². The van der Waals surface area contributed by atoms with E-state index in [4.69, 9.17) is 4.74 Å². The summed E-state index contributed by atoms with van der Waals surface area (Å²) in [5.41, 5.74) is -1.43. The molecule has 0 unspecified atom stereocenters. The number of benzene rings is 1. The molecule has 1 fully saturated rings. The van der Waals surface area contributed by atoms with Gasteiger partial charge in [0, 0.05) is 13.1 Å². The number of hydrogen-bond acceptors (Lipinski definition) is 3. The molecule has 126 valence electrons. The van der Waals surface area contributed by atoms with Crippen molar-refractivity contribution in [2.75, 3.05) is 13.1 Å². The van der Waals surface area contributed by atoms with E-state index in [9.17, 15) is 26.3 Å². The fraction of sp³-hybridized carbons (Fsp3) is 0.500. The molecule has 1 aromatic carbocycles. The van der Waals surface area contributed by atoms with Gasteiger partial charge in [0.05, 0.1) is 18.3 Å². The summed E-state index contributed by atoms with van der Waals surface area (Å²) in [6, 6.07) is 2.08. The van der Waals surface area contributed by atoms with Gasteiger partial charge < -0.3 is 14.8 Å². The lowest BCUT2D eigenvalue weighted by Gasteiger charge is -2.27. The molecule has 1 saturated heterocycles. The van der Waals surface area contributed by atoms with E-state index >= 15 is 0 Å². The molecule has 0 spiro atoms. The third-order valence-electron chi connectivity index (χ3n) is 2.84. The lowest BCUT2D eigenvalue weighted by molar-refractivity contribution is -0.274. The van der Waals surface area contributed by atoms with E-state index in [-0.39, 0.29) is 30.7 Å². The predicted molar refractivity (Wildman–Crippen MR) is 66.8 cm³/mol. The van der Waals surface area contributed by atoms with Crippen molar-refractivity contribution in [3.63, 3.8) is 0 Å². The van der Waals surface area contributed by atoms with Gasteiger partial charge in [-0.3, -0.25) is 0 Å². The summed E-state index contributed by atoms with van der Waals surface area (Å²) in [4.78, 5) is 0. The molecule has 10 heteroatoms. The Morgan fingerprint density at radius 1 is 1.09 bits per heavy atom. The van der Waals surface area contributed by atoms with E-state index in [1.54, 1.807) is 0 Å². The molecule has 1 N–H and O–H groups in total. The third-order valence-corrected chi connectivity index (χ3v) is 2.84. The van der Waals surface area contributed by atoms with Crippen molar-refractivity contribution in [1.82, 2.24) is 5.32 Å². The minimum absolute atomic E-state index is 0. The monoisotopic (exact) mass is 351 g/mol. The summed E-state index contributed by atoms with van der Waals surface area (Å²) >= 11 is 0. The minimum Gasteiger partial charge on any atom is -0.406 e. The maximum atomic E-state index is 12.9. The summed E-state index contributed by atoms with van der Waals surface area (Å²) in [7, 11) is 0. The molecule has 1 aromatic rings. The van der Waals surface area contributed by atoms with E-state index in [1.807, 2.05) is 0 Å². The highest BCUT2D eigenvalue weighted by Crippen LogP contribution is 2.36. The molecular formula is C12H12ClF6NO2. The molecule has 2 rings (SSSR count). The molecule has 1 aliphatic heterocycles. The van der Waals surface area contributed by atoms with Gasteiger partial charge in [0.1, 0.15) is 5.75 Å². The van der Waals surface area contributed by atoms with Crippen LogP contribution in [0.5, 0.6) is 5.75 Å². The highest BCUT2D eigenvalue weighted by atomic mass is 35.5. The van der Waals surface area contributed by atoms with Crippen LogP contribution in [-0.4, -0.2) is 25.6 Å². The molecule has 3 nitrogen and oxygen atoms in total. The molecule has 0 saturated carbocycles. The van der Waals surface area contributed by atoms with Crippen molar-refractivity contribution >= 4 is 12.4 Å². The van der Waals surface area contributed by atoms with Crippen LogP contribution in [0.3, 0.4) is 0 Å². The van der Waals surface area contributed by atoms with Gasteiger partial charge in [-0.2, -0.15) is 13.2 Å². The fourth-order valence-electron chi connectivity index (χ4n) is 1.73. The number of alkyl halides is 6. The zero-order valence-electron chi connectivity index (χ0n) is 10.9.